The predicted octanol–water partition coefficient (Wildman–Crippen LogP) is 2.59. The van der Waals surface area contributed by atoms with E-state index in [0.29, 0.717) is 17.8 Å². The Morgan fingerprint density at radius 3 is 1.95 bits per heavy atom. The quantitative estimate of drug-likeness (QED) is 0.867. The molecule has 6 heteroatoms. The molecule has 4 rings (SSSR count). The molecule has 1 amide bonds. The molecule has 0 aromatic rings. The van der Waals surface area contributed by atoms with Gasteiger partial charge >= 0.3 is 6.18 Å². The minimum Gasteiger partial charge on any atom is -0.395 e. The third kappa shape index (κ3) is 2.91. The van der Waals surface area contributed by atoms with Crippen molar-refractivity contribution in [2.24, 2.45) is 23.2 Å². The predicted molar refractivity (Wildman–Crippen MR) is 70.3 cm³/mol. The highest BCUT2D eigenvalue weighted by atomic mass is 19.4. The fraction of sp³-hybridized carbons (Fsp3) is 0.933. The lowest BCUT2D eigenvalue weighted by molar-refractivity contribution is -0.178. The molecule has 0 radical (unpaired) electrons. The average Bonchev–Trinajstić information content (AvgIpc) is 2.34. The van der Waals surface area contributed by atoms with Gasteiger partial charge in [0.25, 0.3) is 0 Å². The van der Waals surface area contributed by atoms with E-state index in [1.807, 2.05) is 0 Å². The highest BCUT2D eigenvalue weighted by Crippen LogP contribution is 2.60. The molecule has 21 heavy (non-hydrogen) atoms. The largest absolute Gasteiger partial charge is 0.406 e. The molecule has 4 saturated carbocycles. The van der Waals surface area contributed by atoms with Gasteiger partial charge in [-0.1, -0.05) is 0 Å². The van der Waals surface area contributed by atoms with Crippen LogP contribution in [0.25, 0.3) is 0 Å². The minimum absolute atomic E-state index is 0.222. The molecule has 0 atom stereocenters. The molecule has 0 spiro atoms. The molecule has 0 unspecified atom stereocenters. The van der Waals surface area contributed by atoms with Crippen LogP contribution in [0.15, 0.2) is 0 Å². The summed E-state index contributed by atoms with van der Waals surface area (Å²) in [5.74, 6) is 1.18. The Kier molecular flexibility index (Phi) is 3.71. The Bertz CT molecular complexity index is 386. The monoisotopic (exact) mass is 305 g/mol. The van der Waals surface area contributed by atoms with Crippen molar-refractivity contribution in [3.63, 3.8) is 0 Å². The summed E-state index contributed by atoms with van der Waals surface area (Å²) in [6.07, 6.45) is 1.27. The van der Waals surface area contributed by atoms with Crippen molar-refractivity contribution in [2.75, 3.05) is 19.7 Å². The van der Waals surface area contributed by atoms with Gasteiger partial charge in [0.2, 0.25) is 5.91 Å². The molecule has 4 fully saturated rings. The molecule has 0 heterocycles. The molecule has 4 bridgehead atoms. The van der Waals surface area contributed by atoms with Gasteiger partial charge in [-0.15, -0.1) is 0 Å². The fourth-order valence-corrected chi connectivity index (χ4v) is 5.30. The number of hydrogen-bond acceptors (Lipinski definition) is 2. The second-order valence-electron chi connectivity index (χ2n) is 7.26. The first kappa shape index (κ1) is 15.1. The molecule has 4 aliphatic carbocycles. The highest BCUT2D eigenvalue weighted by Gasteiger charge is 2.56. The molecule has 0 saturated heterocycles. The number of aliphatic hydroxyl groups is 1. The van der Waals surface area contributed by atoms with Gasteiger partial charge in [-0.05, 0) is 56.3 Å². The molecular weight excluding hydrogens is 283 g/mol. The SMILES string of the molecule is O=C(N(CCO)CC(F)(F)F)C12CC3CC(CC(C3)C1)C2. The zero-order valence-corrected chi connectivity index (χ0v) is 12.0. The van der Waals surface area contributed by atoms with Crippen LogP contribution in [0.3, 0.4) is 0 Å². The number of nitrogens with zero attached hydrogens (tertiary/aromatic N) is 1. The van der Waals surface area contributed by atoms with Crippen LogP contribution < -0.4 is 0 Å². The Hall–Kier alpha value is -0.780. The summed E-state index contributed by atoms with van der Waals surface area (Å²) in [4.78, 5) is 13.6. The van der Waals surface area contributed by atoms with Crippen LogP contribution in [0, 0.1) is 23.2 Å². The van der Waals surface area contributed by atoms with Crippen molar-refractivity contribution in [3.8, 4) is 0 Å². The lowest BCUT2D eigenvalue weighted by Gasteiger charge is -2.56. The molecule has 1 N–H and O–H groups in total. The van der Waals surface area contributed by atoms with Crippen LogP contribution in [-0.2, 0) is 4.79 Å². The number of carbonyl (C=O) groups excluding carboxylic acids is 1. The number of amides is 1. The summed E-state index contributed by atoms with van der Waals surface area (Å²) in [7, 11) is 0. The standard InChI is InChI=1S/C15H22F3NO2/c16-15(17,18)9-19(1-2-20)13(21)14-6-10-3-11(7-14)5-12(4-10)8-14/h10-12,20H,1-9H2. The van der Waals surface area contributed by atoms with Crippen LogP contribution in [0.2, 0.25) is 0 Å². The van der Waals surface area contributed by atoms with Crippen molar-refractivity contribution >= 4 is 5.91 Å². The number of hydrogen-bond donors (Lipinski definition) is 1. The topological polar surface area (TPSA) is 40.5 Å². The molecule has 4 aliphatic rings. The molecule has 0 aliphatic heterocycles. The minimum atomic E-state index is -4.41. The van der Waals surface area contributed by atoms with E-state index in [2.05, 4.69) is 0 Å². The molecule has 120 valence electrons. The molecule has 0 aromatic heterocycles. The van der Waals surface area contributed by atoms with Crippen LogP contribution >= 0.6 is 0 Å². The van der Waals surface area contributed by atoms with Crippen molar-refractivity contribution in [3.05, 3.63) is 0 Å². The van der Waals surface area contributed by atoms with E-state index >= 15 is 0 Å². The van der Waals surface area contributed by atoms with Crippen LogP contribution in [0.1, 0.15) is 38.5 Å². The van der Waals surface area contributed by atoms with Gasteiger partial charge in [0.05, 0.1) is 12.0 Å². The second kappa shape index (κ2) is 5.14. The van der Waals surface area contributed by atoms with E-state index < -0.39 is 24.7 Å². The summed E-state index contributed by atoms with van der Waals surface area (Å²) in [5.41, 5.74) is -0.574. The van der Waals surface area contributed by atoms with E-state index in [0.717, 1.165) is 43.4 Å². The maximum absolute atomic E-state index is 12.8. The number of rotatable bonds is 4. The van der Waals surface area contributed by atoms with E-state index in [-0.39, 0.29) is 12.5 Å². The summed E-state index contributed by atoms with van der Waals surface area (Å²) < 4.78 is 38.1. The maximum atomic E-state index is 12.8. The van der Waals surface area contributed by atoms with Crippen molar-refractivity contribution in [1.29, 1.82) is 0 Å². The Balaban J connectivity index is 1.79. The number of carbonyl (C=O) groups is 1. The molecule has 3 nitrogen and oxygen atoms in total. The Morgan fingerprint density at radius 1 is 1.10 bits per heavy atom. The summed E-state index contributed by atoms with van der Waals surface area (Å²) in [6, 6.07) is 0. The highest BCUT2D eigenvalue weighted by molar-refractivity contribution is 5.83. The summed E-state index contributed by atoms with van der Waals surface area (Å²) >= 11 is 0. The van der Waals surface area contributed by atoms with Gasteiger partial charge in [-0.25, -0.2) is 0 Å². The van der Waals surface area contributed by atoms with Gasteiger partial charge in [0.15, 0.2) is 0 Å². The number of alkyl halides is 3. The third-order valence-corrected chi connectivity index (χ3v) is 5.52. The molecule has 0 aromatic carbocycles. The third-order valence-electron chi connectivity index (χ3n) is 5.52. The normalized spacial score (nSPS) is 37.8. The second-order valence-corrected chi connectivity index (χ2v) is 7.26. The van der Waals surface area contributed by atoms with E-state index in [4.69, 9.17) is 5.11 Å². The number of halogens is 3. The Labute approximate surface area is 122 Å². The lowest BCUT2D eigenvalue weighted by atomic mass is 9.49. The van der Waals surface area contributed by atoms with Crippen LogP contribution in [0.5, 0.6) is 0 Å². The maximum Gasteiger partial charge on any atom is 0.406 e. The first-order valence-corrected chi connectivity index (χ1v) is 7.78. The van der Waals surface area contributed by atoms with Gasteiger partial charge in [0, 0.05) is 6.54 Å². The Morgan fingerprint density at radius 2 is 1.57 bits per heavy atom. The van der Waals surface area contributed by atoms with E-state index in [9.17, 15) is 18.0 Å². The fourth-order valence-electron chi connectivity index (χ4n) is 5.30. The van der Waals surface area contributed by atoms with Crippen molar-refractivity contribution in [1.82, 2.24) is 4.90 Å². The lowest BCUT2D eigenvalue weighted by Crippen LogP contribution is -2.56. The van der Waals surface area contributed by atoms with Gasteiger partial charge in [-0.2, -0.15) is 13.2 Å². The van der Waals surface area contributed by atoms with Gasteiger partial charge in [0.1, 0.15) is 6.54 Å². The van der Waals surface area contributed by atoms with Crippen LogP contribution in [-0.4, -0.2) is 41.8 Å². The zero-order valence-electron chi connectivity index (χ0n) is 12.0. The molecular formula is C15H22F3NO2. The zero-order chi connectivity index (χ0) is 15.3. The first-order valence-electron chi connectivity index (χ1n) is 7.78. The van der Waals surface area contributed by atoms with Gasteiger partial charge < -0.3 is 10.0 Å². The summed E-state index contributed by atoms with van der Waals surface area (Å²) in [6.45, 7) is -1.89. The summed E-state index contributed by atoms with van der Waals surface area (Å²) in [5, 5.41) is 9.00. The van der Waals surface area contributed by atoms with Crippen LogP contribution in [0.4, 0.5) is 13.2 Å². The van der Waals surface area contributed by atoms with Gasteiger partial charge in [-0.3, -0.25) is 4.79 Å². The first-order chi connectivity index (χ1) is 9.81. The van der Waals surface area contributed by atoms with E-state index in [1.165, 1.54) is 0 Å². The van der Waals surface area contributed by atoms with E-state index in [1.54, 1.807) is 0 Å². The average molecular weight is 305 g/mol. The van der Waals surface area contributed by atoms with Crippen molar-refractivity contribution in [2.45, 2.75) is 44.7 Å². The smallest absolute Gasteiger partial charge is 0.395 e. The number of aliphatic hydroxyl groups excluding tert-OH is 1. The van der Waals surface area contributed by atoms with Crippen molar-refractivity contribution < 1.29 is 23.1 Å².